The molecule has 0 bridgehead atoms. The maximum absolute atomic E-state index is 13.5. The van der Waals surface area contributed by atoms with Gasteiger partial charge in [-0.1, -0.05) is 0 Å². The molecule has 0 aromatic heterocycles. The van der Waals surface area contributed by atoms with Crippen LogP contribution in [0.4, 0.5) is 10.1 Å². The first-order chi connectivity index (χ1) is 11.5. The average Bonchev–Trinajstić information content (AvgIpc) is 2.80. The predicted octanol–water partition coefficient (Wildman–Crippen LogP) is 0.171. The zero-order valence-electron chi connectivity index (χ0n) is 13.5. The van der Waals surface area contributed by atoms with Crippen LogP contribution in [0.1, 0.15) is 30.1 Å². The molecule has 2 aliphatic rings. The molecule has 1 saturated heterocycles. The zero-order valence-corrected chi connectivity index (χ0v) is 13.5. The van der Waals surface area contributed by atoms with Gasteiger partial charge < -0.3 is 9.64 Å². The lowest BCUT2D eigenvalue weighted by Crippen LogP contribution is -3.15. The van der Waals surface area contributed by atoms with E-state index in [1.807, 2.05) is 0 Å². The Balaban J connectivity index is 1.74. The van der Waals surface area contributed by atoms with E-state index in [0.29, 0.717) is 18.8 Å². The van der Waals surface area contributed by atoms with Crippen molar-refractivity contribution < 1.29 is 28.4 Å². The summed E-state index contributed by atoms with van der Waals surface area (Å²) in [5.74, 6) is -2.15. The summed E-state index contributed by atoms with van der Waals surface area (Å²) in [6, 6.07) is 3.74. The first-order valence-electron chi connectivity index (χ1n) is 8.17. The van der Waals surface area contributed by atoms with Gasteiger partial charge in [0.25, 0.3) is 5.78 Å². The number of halogens is 1. The summed E-state index contributed by atoms with van der Waals surface area (Å²) in [5.41, 5.74) is 0.551. The minimum atomic E-state index is -0.638. The molecule has 2 heterocycles. The Kier molecular flexibility index (Phi) is 4.62. The second-order valence-electron chi connectivity index (χ2n) is 6.18. The lowest BCUT2D eigenvalue weighted by molar-refractivity contribution is -0.906. The molecule has 3 rings (SSSR count). The van der Waals surface area contributed by atoms with Crippen LogP contribution in [0.3, 0.4) is 0 Å². The molecule has 1 aromatic carbocycles. The highest BCUT2D eigenvalue weighted by Crippen LogP contribution is 2.28. The van der Waals surface area contributed by atoms with Crippen LogP contribution in [0.15, 0.2) is 18.2 Å². The third-order valence-electron chi connectivity index (χ3n) is 4.55. The number of likely N-dealkylation sites (tertiary alicyclic amines) is 1. The third-order valence-corrected chi connectivity index (χ3v) is 4.55. The number of hydrogen-bond acceptors (Lipinski definition) is 4. The Bertz CT molecular complexity index is 691. The third kappa shape index (κ3) is 3.03. The molecule has 1 unspecified atom stereocenters. The molecule has 0 radical (unpaired) electrons. The number of nitrogens with zero attached hydrogens (tertiary/aromatic N) is 1. The number of anilines is 1. The number of hydrogen-bond donors (Lipinski definition) is 1. The van der Waals surface area contributed by atoms with Gasteiger partial charge in [0.05, 0.1) is 30.9 Å². The first kappa shape index (κ1) is 16.6. The van der Waals surface area contributed by atoms with Crippen LogP contribution in [-0.4, -0.2) is 44.0 Å². The number of ketones is 1. The van der Waals surface area contributed by atoms with Crippen molar-refractivity contribution in [3.63, 3.8) is 0 Å². The molecule has 24 heavy (non-hydrogen) atoms. The lowest BCUT2D eigenvalue weighted by Gasteiger charge is -2.31. The van der Waals surface area contributed by atoms with E-state index in [-0.39, 0.29) is 24.1 Å². The fourth-order valence-corrected chi connectivity index (χ4v) is 3.40. The SMILES string of the molecule is CCOC(=O)[C@H]1CCC[NH+](CN2C(=O)C(=O)c3ccc(F)cc32)C1. The molecule has 0 aliphatic carbocycles. The fourth-order valence-electron chi connectivity index (χ4n) is 3.40. The van der Waals surface area contributed by atoms with Gasteiger partial charge in [-0.2, -0.15) is 0 Å². The number of benzene rings is 1. The van der Waals surface area contributed by atoms with Gasteiger partial charge in [0.15, 0.2) is 6.67 Å². The summed E-state index contributed by atoms with van der Waals surface area (Å²) in [4.78, 5) is 38.5. The van der Waals surface area contributed by atoms with Crippen LogP contribution >= 0.6 is 0 Å². The van der Waals surface area contributed by atoms with E-state index >= 15 is 0 Å². The normalized spacial score (nSPS) is 23.3. The van der Waals surface area contributed by atoms with E-state index in [0.717, 1.165) is 24.3 Å². The van der Waals surface area contributed by atoms with Gasteiger partial charge >= 0.3 is 11.9 Å². The van der Waals surface area contributed by atoms with Gasteiger partial charge in [-0.15, -0.1) is 0 Å². The van der Waals surface area contributed by atoms with Crippen LogP contribution in [0.5, 0.6) is 0 Å². The summed E-state index contributed by atoms with van der Waals surface area (Å²) in [6.07, 6.45) is 1.60. The Morgan fingerprint density at radius 2 is 2.21 bits per heavy atom. The average molecular weight is 335 g/mol. The van der Waals surface area contributed by atoms with Crippen molar-refractivity contribution in [2.45, 2.75) is 19.8 Å². The standard InChI is InChI=1S/C17H19FN2O4/c1-2-24-17(23)11-4-3-7-19(9-11)10-20-14-8-12(18)5-6-13(14)15(21)16(20)22/h5-6,8,11H,2-4,7,9-10H2,1H3/p+1/t11-/m0/s1. The van der Waals surface area contributed by atoms with Gasteiger partial charge in [-0.05, 0) is 38.0 Å². The summed E-state index contributed by atoms with van der Waals surface area (Å²) in [7, 11) is 0. The summed E-state index contributed by atoms with van der Waals surface area (Å²) in [6.45, 7) is 3.69. The second-order valence-corrected chi connectivity index (χ2v) is 6.18. The highest BCUT2D eigenvalue weighted by molar-refractivity contribution is 6.52. The first-order valence-corrected chi connectivity index (χ1v) is 8.17. The number of Topliss-reactive ketones (excluding diaryl/α,β-unsaturated/α-hetero) is 1. The predicted molar refractivity (Wildman–Crippen MR) is 83.1 cm³/mol. The smallest absolute Gasteiger partial charge is 0.314 e. The Hall–Kier alpha value is -2.28. The molecule has 6 nitrogen and oxygen atoms in total. The van der Waals surface area contributed by atoms with Crippen molar-refractivity contribution in [3.05, 3.63) is 29.6 Å². The van der Waals surface area contributed by atoms with Gasteiger partial charge in [0.2, 0.25) is 0 Å². The van der Waals surface area contributed by atoms with Crippen molar-refractivity contribution in [1.82, 2.24) is 0 Å². The number of esters is 1. The van der Waals surface area contributed by atoms with Crippen LogP contribution in [0, 0.1) is 11.7 Å². The highest BCUT2D eigenvalue weighted by atomic mass is 19.1. The molecule has 128 valence electrons. The largest absolute Gasteiger partial charge is 0.466 e. The minimum absolute atomic E-state index is 0.200. The number of amides is 1. The maximum Gasteiger partial charge on any atom is 0.314 e. The van der Waals surface area contributed by atoms with Crippen molar-refractivity contribution >= 4 is 23.3 Å². The monoisotopic (exact) mass is 335 g/mol. The Morgan fingerprint density at radius 3 is 2.96 bits per heavy atom. The van der Waals surface area contributed by atoms with E-state index < -0.39 is 17.5 Å². The number of rotatable bonds is 4. The van der Waals surface area contributed by atoms with Gasteiger partial charge in [0, 0.05) is 0 Å². The van der Waals surface area contributed by atoms with E-state index in [1.54, 1.807) is 6.92 Å². The van der Waals surface area contributed by atoms with Crippen LogP contribution in [0.2, 0.25) is 0 Å². The molecular formula is C17H20FN2O4+. The fraction of sp³-hybridized carbons (Fsp3) is 0.471. The topological polar surface area (TPSA) is 68.1 Å². The molecule has 0 spiro atoms. The van der Waals surface area contributed by atoms with Crippen molar-refractivity contribution in [1.29, 1.82) is 0 Å². The van der Waals surface area contributed by atoms with Crippen molar-refractivity contribution in [2.75, 3.05) is 31.3 Å². The number of nitrogens with one attached hydrogen (secondary N) is 1. The Labute approximate surface area is 139 Å². The van der Waals surface area contributed by atoms with E-state index in [1.165, 1.54) is 23.1 Å². The van der Waals surface area contributed by atoms with Crippen LogP contribution in [0.25, 0.3) is 0 Å². The van der Waals surface area contributed by atoms with Gasteiger partial charge in [0.1, 0.15) is 11.7 Å². The maximum atomic E-state index is 13.5. The van der Waals surface area contributed by atoms with Crippen LogP contribution in [-0.2, 0) is 14.3 Å². The number of fused-ring (bicyclic) bond motifs is 1. The summed E-state index contributed by atoms with van der Waals surface area (Å²) in [5, 5.41) is 0. The summed E-state index contributed by atoms with van der Waals surface area (Å²) >= 11 is 0. The number of carbonyl (C=O) groups excluding carboxylic acids is 3. The molecular weight excluding hydrogens is 315 g/mol. The lowest BCUT2D eigenvalue weighted by atomic mass is 9.98. The van der Waals surface area contributed by atoms with Gasteiger partial charge in [-0.3, -0.25) is 19.3 Å². The van der Waals surface area contributed by atoms with E-state index in [9.17, 15) is 18.8 Å². The molecule has 2 aliphatic heterocycles. The molecule has 7 heteroatoms. The van der Waals surface area contributed by atoms with Crippen molar-refractivity contribution in [3.8, 4) is 0 Å². The molecule has 1 N–H and O–H groups in total. The van der Waals surface area contributed by atoms with Gasteiger partial charge in [-0.25, -0.2) is 4.39 Å². The zero-order chi connectivity index (χ0) is 17.3. The molecule has 0 saturated carbocycles. The van der Waals surface area contributed by atoms with Crippen LogP contribution < -0.4 is 9.80 Å². The molecule has 1 fully saturated rings. The number of carbonyl (C=O) groups is 3. The quantitative estimate of drug-likeness (QED) is 0.629. The minimum Gasteiger partial charge on any atom is -0.466 e. The van der Waals surface area contributed by atoms with E-state index in [4.69, 9.17) is 4.74 Å². The molecule has 1 amide bonds. The van der Waals surface area contributed by atoms with E-state index in [2.05, 4.69) is 0 Å². The number of ether oxygens (including phenoxy) is 1. The molecule has 1 aromatic rings. The number of quaternary nitrogens is 1. The second kappa shape index (κ2) is 6.68. The number of piperidine rings is 1. The highest BCUT2D eigenvalue weighted by Gasteiger charge is 2.39. The van der Waals surface area contributed by atoms with Crippen molar-refractivity contribution in [2.24, 2.45) is 5.92 Å². The Morgan fingerprint density at radius 1 is 1.42 bits per heavy atom. The summed E-state index contributed by atoms with van der Waals surface area (Å²) < 4.78 is 18.6. The molecule has 2 atom stereocenters.